The van der Waals surface area contributed by atoms with Crippen LogP contribution in [0.1, 0.15) is 6.42 Å². The van der Waals surface area contributed by atoms with Gasteiger partial charge in [-0.05, 0) is 41.5 Å². The fourth-order valence-electron chi connectivity index (χ4n) is 2.44. The smallest absolute Gasteiger partial charge is 0.226 e. The number of fused-ring (bicyclic) bond motifs is 2. The zero-order chi connectivity index (χ0) is 9.59. The Labute approximate surface area is 85.9 Å². The van der Waals surface area contributed by atoms with Crippen LogP contribution in [0.3, 0.4) is 0 Å². The van der Waals surface area contributed by atoms with E-state index in [0.717, 1.165) is 6.42 Å². The van der Waals surface area contributed by atoms with Gasteiger partial charge in [0, 0.05) is 0 Å². The molecule has 2 bridgehead atoms. The van der Waals surface area contributed by atoms with E-state index in [4.69, 9.17) is 23.2 Å². The maximum Gasteiger partial charge on any atom is 0.226 e. The molecule has 0 aromatic rings. The molecule has 0 heterocycles. The van der Waals surface area contributed by atoms with Crippen molar-refractivity contribution < 1.29 is 9.59 Å². The number of hydrogen-bond acceptors (Lipinski definition) is 2. The number of halogens is 2. The number of carbonyl (C=O) groups is 2. The zero-order valence-electron chi connectivity index (χ0n) is 6.74. The minimum absolute atomic E-state index is 0.127. The van der Waals surface area contributed by atoms with E-state index in [2.05, 4.69) is 0 Å². The summed E-state index contributed by atoms with van der Waals surface area (Å²) in [5.41, 5.74) is 0. The maximum absolute atomic E-state index is 11.1. The summed E-state index contributed by atoms with van der Waals surface area (Å²) in [7, 11) is 0. The lowest BCUT2D eigenvalue weighted by Crippen LogP contribution is -2.28. The van der Waals surface area contributed by atoms with Crippen LogP contribution in [-0.2, 0) is 9.59 Å². The van der Waals surface area contributed by atoms with Crippen LogP contribution in [0.2, 0.25) is 0 Å². The Balaban J connectivity index is 2.30. The third-order valence-corrected chi connectivity index (χ3v) is 3.49. The molecule has 0 N–H and O–H groups in total. The summed E-state index contributed by atoms with van der Waals surface area (Å²) >= 11 is 10.9. The molecule has 0 aliphatic heterocycles. The van der Waals surface area contributed by atoms with Gasteiger partial charge in [-0.1, -0.05) is 12.2 Å². The first-order chi connectivity index (χ1) is 6.11. The molecular weight excluding hydrogens is 211 g/mol. The van der Waals surface area contributed by atoms with Crippen LogP contribution in [0, 0.1) is 23.7 Å². The quantitative estimate of drug-likeness (QED) is 0.525. The van der Waals surface area contributed by atoms with Gasteiger partial charge in [0.2, 0.25) is 10.5 Å². The van der Waals surface area contributed by atoms with Crippen molar-refractivity contribution in [2.45, 2.75) is 6.42 Å². The topological polar surface area (TPSA) is 34.1 Å². The Morgan fingerprint density at radius 2 is 1.38 bits per heavy atom. The molecule has 2 rings (SSSR count). The molecule has 4 atom stereocenters. The van der Waals surface area contributed by atoms with Gasteiger partial charge in [0.1, 0.15) is 0 Å². The van der Waals surface area contributed by atoms with Gasteiger partial charge in [0.05, 0.1) is 11.8 Å². The molecule has 0 saturated heterocycles. The highest BCUT2D eigenvalue weighted by molar-refractivity contribution is 6.66. The molecule has 2 nitrogen and oxygen atoms in total. The van der Waals surface area contributed by atoms with Crippen molar-refractivity contribution in [3.05, 3.63) is 12.2 Å². The monoisotopic (exact) mass is 218 g/mol. The van der Waals surface area contributed by atoms with Crippen LogP contribution in [0.15, 0.2) is 12.2 Å². The summed E-state index contributed by atoms with van der Waals surface area (Å²) in [4.78, 5) is 22.1. The molecule has 1 fully saturated rings. The second-order valence-electron chi connectivity index (χ2n) is 3.61. The Kier molecular flexibility index (Phi) is 2.20. The van der Waals surface area contributed by atoms with Crippen molar-refractivity contribution in [1.82, 2.24) is 0 Å². The predicted molar refractivity (Wildman–Crippen MR) is 49.4 cm³/mol. The summed E-state index contributed by atoms with van der Waals surface area (Å²) in [5.74, 6) is -0.520. The van der Waals surface area contributed by atoms with Gasteiger partial charge < -0.3 is 0 Å². The van der Waals surface area contributed by atoms with Crippen LogP contribution >= 0.6 is 23.2 Å². The summed E-state index contributed by atoms with van der Waals surface area (Å²) in [6, 6.07) is 0. The first kappa shape index (κ1) is 9.22. The molecule has 70 valence electrons. The summed E-state index contributed by atoms with van der Waals surface area (Å²) in [6.07, 6.45) is 4.77. The van der Waals surface area contributed by atoms with Crippen LogP contribution in [0.5, 0.6) is 0 Å². The van der Waals surface area contributed by atoms with Gasteiger partial charge >= 0.3 is 0 Å². The molecule has 0 spiro atoms. The van der Waals surface area contributed by atoms with E-state index in [1.165, 1.54) is 0 Å². The Morgan fingerprint density at radius 3 is 1.69 bits per heavy atom. The highest BCUT2D eigenvalue weighted by atomic mass is 35.5. The van der Waals surface area contributed by atoms with Crippen molar-refractivity contribution in [3.8, 4) is 0 Å². The van der Waals surface area contributed by atoms with Gasteiger partial charge in [-0.2, -0.15) is 0 Å². The highest BCUT2D eigenvalue weighted by Gasteiger charge is 2.50. The van der Waals surface area contributed by atoms with Gasteiger partial charge in [-0.15, -0.1) is 0 Å². The van der Waals surface area contributed by atoms with Crippen LogP contribution in [0.4, 0.5) is 0 Å². The van der Waals surface area contributed by atoms with Gasteiger partial charge in [-0.3, -0.25) is 9.59 Å². The average Bonchev–Trinajstić information content (AvgIpc) is 2.60. The van der Waals surface area contributed by atoms with Gasteiger partial charge in [0.15, 0.2) is 0 Å². The first-order valence-corrected chi connectivity index (χ1v) is 4.94. The van der Waals surface area contributed by atoms with E-state index in [-0.39, 0.29) is 23.7 Å². The Hall–Kier alpha value is -0.340. The number of rotatable bonds is 2. The van der Waals surface area contributed by atoms with Crippen molar-refractivity contribution in [3.63, 3.8) is 0 Å². The average molecular weight is 219 g/mol. The SMILES string of the molecule is O=C(Cl)[C@@H]1[C@@H](C(=O)Cl)[C@H]2C=C[C@@H]1C2. The zero-order valence-corrected chi connectivity index (χ0v) is 8.26. The second kappa shape index (κ2) is 3.10. The lowest BCUT2D eigenvalue weighted by Gasteiger charge is -2.20. The lowest BCUT2D eigenvalue weighted by atomic mass is 9.85. The third kappa shape index (κ3) is 1.32. The predicted octanol–water partition coefficient (Wildman–Crippen LogP) is 1.96. The largest absolute Gasteiger partial charge is 0.281 e. The number of hydrogen-bond donors (Lipinski definition) is 0. The summed E-state index contributed by atoms with van der Waals surface area (Å²) in [5, 5.41) is -0.869. The van der Waals surface area contributed by atoms with Gasteiger partial charge in [-0.25, -0.2) is 0 Å². The van der Waals surface area contributed by atoms with Crippen LogP contribution in [0.25, 0.3) is 0 Å². The minimum atomic E-state index is -0.434. The molecule has 2 aliphatic carbocycles. The molecule has 0 aromatic heterocycles. The molecule has 0 radical (unpaired) electrons. The van der Waals surface area contributed by atoms with Crippen molar-refractivity contribution >= 4 is 33.7 Å². The number of allylic oxidation sites excluding steroid dienone is 2. The normalized spacial score (nSPS) is 41.1. The molecule has 0 unspecified atom stereocenters. The standard InChI is InChI=1S/C9H8Cl2O2/c10-8(12)6-4-1-2-5(3-4)7(6)9(11)13/h1-2,4-7H,3H2/t4-,5+,6-,7-/m0/s1. The number of carbonyl (C=O) groups excluding carboxylic acids is 2. The van der Waals surface area contributed by atoms with E-state index in [1.807, 2.05) is 12.2 Å². The van der Waals surface area contributed by atoms with E-state index < -0.39 is 10.5 Å². The van der Waals surface area contributed by atoms with E-state index in [9.17, 15) is 9.59 Å². The van der Waals surface area contributed by atoms with Crippen LogP contribution in [-0.4, -0.2) is 10.5 Å². The maximum atomic E-state index is 11.1. The molecule has 4 heteroatoms. The molecule has 2 aliphatic rings. The third-order valence-electron chi connectivity index (χ3n) is 2.98. The molecule has 0 amide bonds. The molecule has 1 saturated carbocycles. The molecule has 13 heavy (non-hydrogen) atoms. The van der Waals surface area contributed by atoms with E-state index >= 15 is 0 Å². The fraction of sp³-hybridized carbons (Fsp3) is 0.556. The van der Waals surface area contributed by atoms with Gasteiger partial charge in [0.25, 0.3) is 0 Å². The fourth-order valence-corrected chi connectivity index (χ4v) is 3.04. The first-order valence-electron chi connectivity index (χ1n) is 4.18. The van der Waals surface area contributed by atoms with Crippen LogP contribution < -0.4 is 0 Å². The van der Waals surface area contributed by atoms with E-state index in [0.29, 0.717) is 0 Å². The molecular formula is C9H8Cl2O2. The van der Waals surface area contributed by atoms with E-state index in [1.54, 1.807) is 0 Å². The lowest BCUT2D eigenvalue weighted by molar-refractivity contribution is -0.124. The summed E-state index contributed by atoms with van der Waals surface area (Å²) in [6.45, 7) is 0. The Morgan fingerprint density at radius 1 is 1.00 bits per heavy atom. The summed E-state index contributed by atoms with van der Waals surface area (Å²) < 4.78 is 0. The van der Waals surface area contributed by atoms with Crippen molar-refractivity contribution in [2.75, 3.05) is 0 Å². The highest BCUT2D eigenvalue weighted by Crippen LogP contribution is 2.49. The molecule has 0 aromatic carbocycles. The van der Waals surface area contributed by atoms with Crippen molar-refractivity contribution in [2.24, 2.45) is 23.7 Å². The minimum Gasteiger partial charge on any atom is -0.281 e. The Bertz CT molecular complexity index is 270. The second-order valence-corrected chi connectivity index (χ2v) is 4.35. The van der Waals surface area contributed by atoms with Crippen molar-refractivity contribution in [1.29, 1.82) is 0 Å².